The van der Waals surface area contributed by atoms with Crippen molar-refractivity contribution >= 4 is 23.3 Å². The van der Waals surface area contributed by atoms with Gasteiger partial charge in [0.2, 0.25) is 5.91 Å². The Morgan fingerprint density at radius 1 is 1.29 bits per heavy atom. The highest BCUT2D eigenvalue weighted by Crippen LogP contribution is 2.41. The topological polar surface area (TPSA) is 64.7 Å². The molecule has 0 fully saturated rings. The van der Waals surface area contributed by atoms with Gasteiger partial charge in [0.05, 0.1) is 17.6 Å². The molecule has 0 bridgehead atoms. The number of hydrogen-bond acceptors (Lipinski definition) is 3. The molecule has 4 rings (SSSR count). The monoisotopic (exact) mass is 341 g/mol. The van der Waals surface area contributed by atoms with Gasteiger partial charge in [-0.2, -0.15) is 10.2 Å². The highest BCUT2D eigenvalue weighted by atomic mass is 35.5. The van der Waals surface area contributed by atoms with Crippen molar-refractivity contribution in [2.24, 2.45) is 7.05 Å². The average Bonchev–Trinajstić information content (AvgIpc) is 3.08. The summed E-state index contributed by atoms with van der Waals surface area (Å²) in [7, 11) is 1.81. The van der Waals surface area contributed by atoms with E-state index in [9.17, 15) is 4.79 Å². The summed E-state index contributed by atoms with van der Waals surface area (Å²) in [6.45, 7) is 1.92. The maximum atomic E-state index is 12.1. The van der Waals surface area contributed by atoms with E-state index in [1.54, 1.807) is 15.6 Å². The van der Waals surface area contributed by atoms with Crippen molar-refractivity contribution in [3.05, 3.63) is 58.5 Å². The minimum absolute atomic E-state index is 0.0426. The standard InChI is InChI=1S/C17H16ClN5O/c1-10-15(16(18)23(21-10)11-6-4-3-5-7-11)12-8-14(24)20-17-13(12)9-19-22(17)2/h3-7,9,12H,8H2,1-2H3,(H,20,24)/t12-/m0/s1. The van der Waals surface area contributed by atoms with Crippen LogP contribution in [-0.2, 0) is 11.8 Å². The van der Waals surface area contributed by atoms with E-state index in [1.165, 1.54) is 0 Å². The summed E-state index contributed by atoms with van der Waals surface area (Å²) in [5, 5.41) is 12.3. The van der Waals surface area contributed by atoms with Crippen LogP contribution in [0.3, 0.4) is 0 Å². The fourth-order valence-corrected chi connectivity index (χ4v) is 3.65. The van der Waals surface area contributed by atoms with E-state index in [0.717, 1.165) is 28.3 Å². The Bertz CT molecular complexity index is 928. The van der Waals surface area contributed by atoms with Crippen LogP contribution in [0.15, 0.2) is 36.5 Å². The number of benzene rings is 1. The molecule has 0 spiro atoms. The van der Waals surface area contributed by atoms with E-state index >= 15 is 0 Å². The second-order valence-electron chi connectivity index (χ2n) is 5.91. The molecule has 3 aromatic rings. The van der Waals surface area contributed by atoms with Crippen LogP contribution in [-0.4, -0.2) is 25.5 Å². The first-order valence-corrected chi connectivity index (χ1v) is 8.06. The zero-order valence-electron chi connectivity index (χ0n) is 13.3. The van der Waals surface area contributed by atoms with Crippen molar-refractivity contribution in [2.75, 3.05) is 5.32 Å². The van der Waals surface area contributed by atoms with E-state index in [2.05, 4.69) is 15.5 Å². The molecule has 0 saturated carbocycles. The van der Waals surface area contributed by atoms with Crippen molar-refractivity contribution in [3.63, 3.8) is 0 Å². The summed E-state index contributed by atoms with van der Waals surface area (Å²) >= 11 is 6.66. The lowest BCUT2D eigenvalue weighted by Gasteiger charge is -2.23. The second kappa shape index (κ2) is 5.49. The van der Waals surface area contributed by atoms with Crippen molar-refractivity contribution in [3.8, 4) is 5.69 Å². The zero-order chi connectivity index (χ0) is 16.8. The molecule has 1 aromatic carbocycles. The molecule has 0 saturated heterocycles. The van der Waals surface area contributed by atoms with Gasteiger partial charge in [0, 0.05) is 30.5 Å². The van der Waals surface area contributed by atoms with Crippen molar-refractivity contribution in [2.45, 2.75) is 19.3 Å². The first-order chi connectivity index (χ1) is 11.6. The fraction of sp³-hybridized carbons (Fsp3) is 0.235. The molecule has 0 unspecified atom stereocenters. The molecular formula is C17H16ClN5O. The zero-order valence-corrected chi connectivity index (χ0v) is 14.1. The van der Waals surface area contributed by atoms with Gasteiger partial charge in [-0.15, -0.1) is 0 Å². The number of aromatic nitrogens is 4. The lowest BCUT2D eigenvalue weighted by atomic mass is 9.88. The van der Waals surface area contributed by atoms with Crippen LogP contribution in [0.5, 0.6) is 0 Å². The summed E-state index contributed by atoms with van der Waals surface area (Å²) in [6, 6.07) is 9.73. The first-order valence-electron chi connectivity index (χ1n) is 7.68. The number of halogens is 1. The van der Waals surface area contributed by atoms with E-state index in [4.69, 9.17) is 11.6 Å². The molecule has 0 aliphatic carbocycles. The van der Waals surface area contributed by atoms with E-state index in [1.807, 2.05) is 44.3 Å². The van der Waals surface area contributed by atoms with Gasteiger partial charge >= 0.3 is 0 Å². The number of fused-ring (bicyclic) bond motifs is 1. The minimum atomic E-state index is -0.146. The lowest BCUT2D eigenvalue weighted by molar-refractivity contribution is -0.116. The SMILES string of the molecule is Cc1nn(-c2ccccc2)c(Cl)c1[C@H]1CC(=O)Nc2c1cnn2C. The van der Waals surface area contributed by atoms with E-state index in [-0.39, 0.29) is 11.8 Å². The second-order valence-corrected chi connectivity index (χ2v) is 6.27. The van der Waals surface area contributed by atoms with E-state index in [0.29, 0.717) is 11.6 Å². The van der Waals surface area contributed by atoms with Crippen LogP contribution in [0, 0.1) is 6.92 Å². The number of amides is 1. The molecule has 1 aliphatic heterocycles. The normalized spacial score (nSPS) is 16.8. The molecule has 2 aromatic heterocycles. The Morgan fingerprint density at radius 3 is 2.79 bits per heavy atom. The third kappa shape index (κ3) is 2.22. The summed E-state index contributed by atoms with van der Waals surface area (Å²) < 4.78 is 3.39. The molecule has 24 heavy (non-hydrogen) atoms. The minimum Gasteiger partial charge on any atom is -0.311 e. The summed E-state index contributed by atoms with van der Waals surface area (Å²) in [6.07, 6.45) is 2.12. The third-order valence-corrected chi connectivity index (χ3v) is 4.75. The Labute approximate surface area is 144 Å². The number of nitrogens with zero attached hydrogens (tertiary/aromatic N) is 4. The van der Waals surface area contributed by atoms with Crippen LogP contribution < -0.4 is 5.32 Å². The number of carbonyl (C=O) groups is 1. The number of anilines is 1. The summed E-state index contributed by atoms with van der Waals surface area (Å²) in [5.41, 5.74) is 3.56. The van der Waals surface area contributed by atoms with Gasteiger partial charge < -0.3 is 5.32 Å². The molecule has 1 N–H and O–H groups in total. The van der Waals surface area contributed by atoms with Crippen molar-refractivity contribution < 1.29 is 4.79 Å². The predicted molar refractivity (Wildman–Crippen MR) is 91.6 cm³/mol. The molecule has 122 valence electrons. The van der Waals surface area contributed by atoms with Crippen LogP contribution >= 0.6 is 11.6 Å². The molecule has 7 heteroatoms. The highest BCUT2D eigenvalue weighted by molar-refractivity contribution is 6.30. The van der Waals surface area contributed by atoms with Crippen LogP contribution in [0.2, 0.25) is 5.15 Å². The van der Waals surface area contributed by atoms with Gasteiger partial charge in [0.25, 0.3) is 0 Å². The summed E-state index contributed by atoms with van der Waals surface area (Å²) in [4.78, 5) is 12.1. The Hall–Kier alpha value is -2.60. The Kier molecular flexibility index (Phi) is 3.42. The molecule has 1 atom stereocenters. The van der Waals surface area contributed by atoms with Crippen molar-refractivity contribution in [1.29, 1.82) is 0 Å². The highest BCUT2D eigenvalue weighted by Gasteiger charge is 2.33. The van der Waals surface area contributed by atoms with Crippen molar-refractivity contribution in [1.82, 2.24) is 19.6 Å². The van der Waals surface area contributed by atoms with Crippen LogP contribution in [0.1, 0.15) is 29.2 Å². The van der Waals surface area contributed by atoms with E-state index < -0.39 is 0 Å². The average molecular weight is 342 g/mol. The predicted octanol–water partition coefficient (Wildman–Crippen LogP) is 3.04. The van der Waals surface area contributed by atoms with Gasteiger partial charge in [0.1, 0.15) is 11.0 Å². The number of carbonyl (C=O) groups excluding carboxylic acids is 1. The van der Waals surface area contributed by atoms with Gasteiger partial charge in [-0.3, -0.25) is 9.48 Å². The van der Waals surface area contributed by atoms with Gasteiger partial charge in [-0.1, -0.05) is 29.8 Å². The number of rotatable bonds is 2. The number of aryl methyl sites for hydroxylation is 2. The largest absolute Gasteiger partial charge is 0.311 e. The number of nitrogens with one attached hydrogen (secondary N) is 1. The van der Waals surface area contributed by atoms with Crippen LogP contribution in [0.25, 0.3) is 5.69 Å². The van der Waals surface area contributed by atoms with Crippen LogP contribution in [0.4, 0.5) is 5.82 Å². The Morgan fingerprint density at radius 2 is 2.04 bits per heavy atom. The summed E-state index contributed by atoms with van der Waals surface area (Å²) in [5.74, 6) is 0.533. The molecule has 3 heterocycles. The van der Waals surface area contributed by atoms with Gasteiger partial charge in [-0.05, 0) is 19.1 Å². The fourth-order valence-electron chi connectivity index (χ4n) is 3.25. The lowest BCUT2D eigenvalue weighted by Crippen LogP contribution is -2.24. The maximum Gasteiger partial charge on any atom is 0.226 e. The Balaban J connectivity index is 1.86. The quantitative estimate of drug-likeness (QED) is 0.779. The third-order valence-electron chi connectivity index (χ3n) is 4.39. The molecule has 0 radical (unpaired) electrons. The van der Waals surface area contributed by atoms with Gasteiger partial charge in [-0.25, -0.2) is 4.68 Å². The number of para-hydroxylation sites is 1. The smallest absolute Gasteiger partial charge is 0.226 e. The molecule has 1 amide bonds. The van der Waals surface area contributed by atoms with Gasteiger partial charge in [0.15, 0.2) is 0 Å². The molecule has 1 aliphatic rings. The number of hydrogen-bond donors (Lipinski definition) is 1. The first kappa shape index (κ1) is 15.0. The molecule has 6 nitrogen and oxygen atoms in total. The maximum absolute atomic E-state index is 12.1. The molecular weight excluding hydrogens is 326 g/mol.